The van der Waals surface area contributed by atoms with E-state index in [9.17, 15) is 4.79 Å². The lowest BCUT2D eigenvalue weighted by atomic mass is 9.91. The number of hydrogen-bond acceptors (Lipinski definition) is 3. The standard InChI is InChI=1S/C14H22N2O2/c1-3-15-11-4-6-12(7-5-11)16-14(17)13-10(2)8-9-18-13/h8-9,11-12,15H,3-7H2,1-2H3,(H,16,17). The number of amides is 1. The Kier molecular flexibility index (Phi) is 4.42. The molecule has 2 rings (SSSR count). The first-order valence-corrected chi connectivity index (χ1v) is 6.79. The molecule has 0 aromatic carbocycles. The van der Waals surface area contributed by atoms with Crippen LogP contribution in [0.5, 0.6) is 0 Å². The summed E-state index contributed by atoms with van der Waals surface area (Å²) in [5.74, 6) is 0.369. The maximum absolute atomic E-state index is 12.0. The Labute approximate surface area is 108 Å². The monoisotopic (exact) mass is 250 g/mol. The van der Waals surface area contributed by atoms with Crippen molar-refractivity contribution in [2.75, 3.05) is 6.54 Å². The van der Waals surface area contributed by atoms with E-state index in [2.05, 4.69) is 17.6 Å². The molecule has 18 heavy (non-hydrogen) atoms. The molecular formula is C14H22N2O2. The summed E-state index contributed by atoms with van der Waals surface area (Å²) in [4.78, 5) is 12.0. The Hall–Kier alpha value is -1.29. The Morgan fingerprint density at radius 1 is 1.33 bits per heavy atom. The second-order valence-corrected chi connectivity index (χ2v) is 5.01. The predicted molar refractivity (Wildman–Crippen MR) is 70.6 cm³/mol. The fourth-order valence-corrected chi connectivity index (χ4v) is 2.59. The van der Waals surface area contributed by atoms with Gasteiger partial charge in [-0.15, -0.1) is 0 Å². The number of furan rings is 1. The molecule has 1 aliphatic carbocycles. The Balaban J connectivity index is 1.81. The Morgan fingerprint density at radius 3 is 2.56 bits per heavy atom. The minimum Gasteiger partial charge on any atom is -0.459 e. The number of carbonyl (C=O) groups excluding carboxylic acids is 1. The lowest BCUT2D eigenvalue weighted by Gasteiger charge is -2.29. The molecule has 0 bridgehead atoms. The summed E-state index contributed by atoms with van der Waals surface area (Å²) in [5.41, 5.74) is 0.897. The van der Waals surface area contributed by atoms with Crippen LogP contribution in [0.3, 0.4) is 0 Å². The second-order valence-electron chi connectivity index (χ2n) is 5.01. The van der Waals surface area contributed by atoms with Gasteiger partial charge in [-0.1, -0.05) is 6.92 Å². The molecule has 1 aromatic heterocycles. The van der Waals surface area contributed by atoms with Crippen molar-refractivity contribution in [3.8, 4) is 0 Å². The SMILES string of the molecule is CCNC1CCC(NC(=O)c2occc2C)CC1. The molecule has 4 nitrogen and oxygen atoms in total. The minimum absolute atomic E-state index is 0.0793. The molecule has 0 atom stereocenters. The smallest absolute Gasteiger partial charge is 0.287 e. The topological polar surface area (TPSA) is 54.3 Å². The van der Waals surface area contributed by atoms with Gasteiger partial charge in [-0.3, -0.25) is 4.79 Å². The van der Waals surface area contributed by atoms with E-state index in [0.29, 0.717) is 11.8 Å². The van der Waals surface area contributed by atoms with Crippen molar-refractivity contribution in [2.45, 2.75) is 51.6 Å². The first-order valence-electron chi connectivity index (χ1n) is 6.79. The molecular weight excluding hydrogens is 228 g/mol. The van der Waals surface area contributed by atoms with Gasteiger partial charge in [0.15, 0.2) is 5.76 Å². The van der Waals surface area contributed by atoms with Gasteiger partial charge in [-0.2, -0.15) is 0 Å². The highest BCUT2D eigenvalue weighted by Gasteiger charge is 2.23. The summed E-state index contributed by atoms with van der Waals surface area (Å²) in [7, 11) is 0. The van der Waals surface area contributed by atoms with Gasteiger partial charge in [0.2, 0.25) is 0 Å². The average Bonchev–Trinajstić information content (AvgIpc) is 2.78. The van der Waals surface area contributed by atoms with E-state index in [4.69, 9.17) is 4.42 Å². The van der Waals surface area contributed by atoms with E-state index < -0.39 is 0 Å². The largest absolute Gasteiger partial charge is 0.459 e. The van der Waals surface area contributed by atoms with E-state index in [1.807, 2.05) is 13.0 Å². The van der Waals surface area contributed by atoms with Gasteiger partial charge in [0, 0.05) is 17.6 Å². The van der Waals surface area contributed by atoms with Gasteiger partial charge in [0.25, 0.3) is 5.91 Å². The summed E-state index contributed by atoms with van der Waals surface area (Å²) >= 11 is 0. The molecule has 1 amide bonds. The zero-order valence-electron chi connectivity index (χ0n) is 11.2. The van der Waals surface area contributed by atoms with Crippen LogP contribution < -0.4 is 10.6 Å². The minimum atomic E-state index is -0.0793. The first-order chi connectivity index (χ1) is 8.70. The van der Waals surface area contributed by atoms with Gasteiger partial charge in [0.05, 0.1) is 6.26 Å². The van der Waals surface area contributed by atoms with Crippen molar-refractivity contribution in [2.24, 2.45) is 0 Å². The van der Waals surface area contributed by atoms with E-state index >= 15 is 0 Å². The molecule has 1 heterocycles. The van der Waals surface area contributed by atoms with Gasteiger partial charge in [0.1, 0.15) is 0 Å². The average molecular weight is 250 g/mol. The van der Waals surface area contributed by atoms with Crippen LogP contribution >= 0.6 is 0 Å². The molecule has 1 aromatic rings. The lowest BCUT2D eigenvalue weighted by molar-refractivity contribution is 0.0895. The maximum atomic E-state index is 12.0. The van der Waals surface area contributed by atoms with Gasteiger partial charge >= 0.3 is 0 Å². The molecule has 100 valence electrons. The molecule has 0 aliphatic heterocycles. The third-order valence-corrected chi connectivity index (χ3v) is 3.62. The number of rotatable bonds is 4. The maximum Gasteiger partial charge on any atom is 0.287 e. The highest BCUT2D eigenvalue weighted by atomic mass is 16.3. The first kappa shape index (κ1) is 13.1. The van der Waals surface area contributed by atoms with E-state index in [1.165, 1.54) is 0 Å². The van der Waals surface area contributed by atoms with Gasteiger partial charge in [-0.25, -0.2) is 0 Å². The van der Waals surface area contributed by atoms with Crippen LogP contribution in [-0.4, -0.2) is 24.5 Å². The molecule has 0 unspecified atom stereocenters. The van der Waals surface area contributed by atoms with Crippen molar-refractivity contribution in [3.63, 3.8) is 0 Å². The molecule has 0 radical (unpaired) electrons. The van der Waals surface area contributed by atoms with E-state index in [0.717, 1.165) is 37.8 Å². The normalized spacial score (nSPS) is 23.9. The van der Waals surface area contributed by atoms with Crippen molar-refractivity contribution in [1.29, 1.82) is 0 Å². The molecule has 4 heteroatoms. The highest BCUT2D eigenvalue weighted by Crippen LogP contribution is 2.19. The van der Waals surface area contributed by atoms with Crippen molar-refractivity contribution in [3.05, 3.63) is 23.7 Å². The number of aryl methyl sites for hydroxylation is 1. The summed E-state index contributed by atoms with van der Waals surface area (Å²) in [6, 6.07) is 2.72. The Morgan fingerprint density at radius 2 is 2.00 bits per heavy atom. The van der Waals surface area contributed by atoms with Crippen molar-refractivity contribution < 1.29 is 9.21 Å². The lowest BCUT2D eigenvalue weighted by Crippen LogP contribution is -2.42. The fraction of sp³-hybridized carbons (Fsp3) is 0.643. The van der Waals surface area contributed by atoms with Crippen molar-refractivity contribution >= 4 is 5.91 Å². The van der Waals surface area contributed by atoms with Crippen LogP contribution in [-0.2, 0) is 0 Å². The predicted octanol–water partition coefficient (Wildman–Crippen LogP) is 2.24. The molecule has 1 fully saturated rings. The fourth-order valence-electron chi connectivity index (χ4n) is 2.59. The Bertz CT molecular complexity index is 392. The zero-order chi connectivity index (χ0) is 13.0. The summed E-state index contributed by atoms with van der Waals surface area (Å²) in [5, 5.41) is 6.53. The van der Waals surface area contributed by atoms with E-state index in [1.54, 1.807) is 6.26 Å². The highest BCUT2D eigenvalue weighted by molar-refractivity contribution is 5.92. The van der Waals surface area contributed by atoms with Crippen LogP contribution in [0.2, 0.25) is 0 Å². The number of carbonyl (C=O) groups is 1. The van der Waals surface area contributed by atoms with Crippen LogP contribution in [0.1, 0.15) is 48.7 Å². The zero-order valence-corrected chi connectivity index (χ0v) is 11.2. The van der Waals surface area contributed by atoms with Crippen LogP contribution in [0, 0.1) is 6.92 Å². The molecule has 1 aliphatic rings. The van der Waals surface area contributed by atoms with Crippen LogP contribution in [0.25, 0.3) is 0 Å². The molecule has 2 N–H and O–H groups in total. The summed E-state index contributed by atoms with van der Waals surface area (Å²) < 4.78 is 5.20. The van der Waals surface area contributed by atoms with E-state index in [-0.39, 0.29) is 11.9 Å². The number of hydrogen-bond donors (Lipinski definition) is 2. The second kappa shape index (κ2) is 6.05. The third-order valence-electron chi connectivity index (χ3n) is 3.62. The summed E-state index contributed by atoms with van der Waals surface area (Å²) in [6.07, 6.45) is 5.92. The molecule has 0 spiro atoms. The quantitative estimate of drug-likeness (QED) is 0.861. The third kappa shape index (κ3) is 3.13. The molecule has 1 saturated carbocycles. The summed E-state index contributed by atoms with van der Waals surface area (Å²) in [6.45, 7) is 5.04. The number of nitrogens with one attached hydrogen (secondary N) is 2. The van der Waals surface area contributed by atoms with Gasteiger partial charge < -0.3 is 15.1 Å². The molecule has 0 saturated heterocycles. The van der Waals surface area contributed by atoms with Gasteiger partial charge in [-0.05, 0) is 45.2 Å². The van der Waals surface area contributed by atoms with Crippen molar-refractivity contribution in [1.82, 2.24) is 10.6 Å². The van der Waals surface area contributed by atoms with Crippen LogP contribution in [0.15, 0.2) is 16.7 Å². The van der Waals surface area contributed by atoms with Crippen LogP contribution in [0.4, 0.5) is 0 Å².